The Hall–Kier alpha value is -2.83. The normalized spacial score (nSPS) is 18.0. The molecule has 1 amide bonds. The first-order chi connectivity index (χ1) is 12.7. The molecule has 1 atom stereocenters. The molecule has 7 heteroatoms. The molecule has 0 aliphatic carbocycles. The van der Waals surface area contributed by atoms with Crippen molar-refractivity contribution in [2.24, 2.45) is 5.92 Å². The van der Waals surface area contributed by atoms with Crippen LogP contribution in [0, 0.1) is 5.92 Å². The molecule has 3 aromatic heterocycles. The third-order valence-electron chi connectivity index (χ3n) is 5.05. The first-order valence-electron chi connectivity index (χ1n) is 9.05. The minimum absolute atomic E-state index is 0.178. The summed E-state index contributed by atoms with van der Waals surface area (Å²) in [5.74, 6) is 1.39. The molecule has 0 unspecified atom stereocenters. The number of carbonyl (C=O) groups excluding carboxylic acids is 1. The molecule has 1 aliphatic heterocycles. The van der Waals surface area contributed by atoms with Crippen LogP contribution in [0.3, 0.4) is 0 Å². The highest BCUT2D eigenvalue weighted by Gasteiger charge is 2.19. The molecule has 1 fully saturated rings. The highest BCUT2D eigenvalue weighted by Crippen LogP contribution is 2.22. The van der Waals surface area contributed by atoms with Crippen LogP contribution in [0.1, 0.15) is 31.9 Å². The monoisotopic (exact) mass is 350 g/mol. The fraction of sp³-hybridized carbons (Fsp3) is 0.421. The molecule has 0 radical (unpaired) electrons. The second-order valence-corrected chi connectivity index (χ2v) is 6.83. The molecule has 3 aromatic rings. The lowest BCUT2D eigenvalue weighted by molar-refractivity contribution is -0.128. The molecule has 4 heterocycles. The van der Waals surface area contributed by atoms with Crippen molar-refractivity contribution in [3.05, 3.63) is 42.7 Å². The van der Waals surface area contributed by atoms with E-state index < -0.39 is 0 Å². The van der Waals surface area contributed by atoms with E-state index in [1.165, 1.54) is 0 Å². The van der Waals surface area contributed by atoms with Gasteiger partial charge in [0.1, 0.15) is 5.69 Å². The molecule has 0 aromatic carbocycles. The van der Waals surface area contributed by atoms with Gasteiger partial charge in [0.2, 0.25) is 11.7 Å². The Bertz CT molecular complexity index is 904. The van der Waals surface area contributed by atoms with E-state index in [0.29, 0.717) is 11.7 Å². The molecule has 1 aliphatic rings. The zero-order chi connectivity index (χ0) is 17.9. The van der Waals surface area contributed by atoms with Gasteiger partial charge in [0.15, 0.2) is 0 Å². The molecule has 7 nitrogen and oxygen atoms in total. The Balaban J connectivity index is 1.46. The zero-order valence-corrected chi connectivity index (χ0v) is 14.9. The molecular formula is C19H22N6O. The summed E-state index contributed by atoms with van der Waals surface area (Å²) in [6, 6.07) is 1.87. The Morgan fingerprint density at radius 1 is 1.12 bits per heavy atom. The van der Waals surface area contributed by atoms with Gasteiger partial charge in [-0.3, -0.25) is 19.2 Å². The van der Waals surface area contributed by atoms with Crippen molar-refractivity contribution in [3.63, 3.8) is 0 Å². The summed E-state index contributed by atoms with van der Waals surface area (Å²) in [5, 5.41) is 0. The van der Waals surface area contributed by atoms with Crippen LogP contribution in [0.15, 0.2) is 37.1 Å². The predicted molar refractivity (Wildman–Crippen MR) is 97.3 cm³/mol. The average molecular weight is 350 g/mol. The Kier molecular flexibility index (Phi) is 4.60. The van der Waals surface area contributed by atoms with Gasteiger partial charge >= 0.3 is 0 Å². The van der Waals surface area contributed by atoms with E-state index in [4.69, 9.17) is 0 Å². The van der Waals surface area contributed by atoms with Gasteiger partial charge in [0.05, 0.1) is 23.8 Å². The van der Waals surface area contributed by atoms with Crippen LogP contribution in [0.4, 0.5) is 0 Å². The Morgan fingerprint density at radius 2 is 2.04 bits per heavy atom. The van der Waals surface area contributed by atoms with Gasteiger partial charge in [0.25, 0.3) is 0 Å². The van der Waals surface area contributed by atoms with Crippen LogP contribution in [0.2, 0.25) is 0 Å². The largest absolute Gasteiger partial charge is 0.343 e. The molecule has 1 saturated heterocycles. The maximum atomic E-state index is 11.6. The first-order valence-corrected chi connectivity index (χ1v) is 9.05. The van der Waals surface area contributed by atoms with E-state index in [-0.39, 0.29) is 5.91 Å². The second kappa shape index (κ2) is 7.19. The van der Waals surface area contributed by atoms with E-state index >= 15 is 0 Å². The standard InChI is InChI=1S/C19H22N6O/c1-14(26)24-7-2-4-15(5-9-24)10-16-11-22-17(12-21-16)18-13-23-19-20-6-3-8-25(18)19/h3,6,8,11-13,15H,2,4-5,7,9-10H2,1H3/t15-/m0/s1. The maximum absolute atomic E-state index is 11.6. The molecule has 0 N–H and O–H groups in total. The molecule has 0 saturated carbocycles. The Labute approximate surface area is 152 Å². The van der Waals surface area contributed by atoms with Crippen molar-refractivity contribution in [2.75, 3.05) is 13.1 Å². The number of aromatic nitrogens is 5. The van der Waals surface area contributed by atoms with Crippen LogP contribution in [0.25, 0.3) is 17.2 Å². The lowest BCUT2D eigenvalue weighted by atomic mass is 9.95. The number of nitrogens with zero attached hydrogens (tertiary/aromatic N) is 6. The van der Waals surface area contributed by atoms with Gasteiger partial charge in [0, 0.05) is 38.6 Å². The lowest BCUT2D eigenvalue weighted by Crippen LogP contribution is -2.29. The van der Waals surface area contributed by atoms with Crippen molar-refractivity contribution in [2.45, 2.75) is 32.6 Å². The number of imidazole rings is 1. The zero-order valence-electron chi connectivity index (χ0n) is 14.9. The molecule has 0 spiro atoms. The van der Waals surface area contributed by atoms with Crippen LogP contribution < -0.4 is 0 Å². The van der Waals surface area contributed by atoms with Crippen molar-refractivity contribution in [3.8, 4) is 11.4 Å². The molecule has 4 rings (SSSR count). The van der Waals surface area contributed by atoms with Crippen LogP contribution in [-0.2, 0) is 11.2 Å². The number of hydrogen-bond donors (Lipinski definition) is 0. The number of likely N-dealkylation sites (tertiary alicyclic amines) is 1. The summed E-state index contributed by atoms with van der Waals surface area (Å²) in [4.78, 5) is 31.2. The highest BCUT2D eigenvalue weighted by molar-refractivity contribution is 5.73. The minimum Gasteiger partial charge on any atom is -0.343 e. The molecule has 134 valence electrons. The second-order valence-electron chi connectivity index (χ2n) is 6.83. The maximum Gasteiger partial charge on any atom is 0.234 e. The number of carbonyl (C=O) groups is 1. The van der Waals surface area contributed by atoms with Crippen molar-refractivity contribution in [1.29, 1.82) is 0 Å². The van der Waals surface area contributed by atoms with Gasteiger partial charge in [-0.15, -0.1) is 0 Å². The minimum atomic E-state index is 0.178. The SMILES string of the molecule is CC(=O)N1CCC[C@H](Cc2cnc(-c3cnc4ncccn34)cn2)CC1. The van der Waals surface area contributed by atoms with Gasteiger partial charge in [-0.05, 0) is 37.7 Å². The van der Waals surface area contributed by atoms with Crippen LogP contribution in [0.5, 0.6) is 0 Å². The predicted octanol–water partition coefficient (Wildman–Crippen LogP) is 2.38. The van der Waals surface area contributed by atoms with E-state index in [1.807, 2.05) is 34.0 Å². The topological polar surface area (TPSA) is 76.3 Å². The number of hydrogen-bond acceptors (Lipinski definition) is 5. The lowest BCUT2D eigenvalue weighted by Gasteiger charge is -2.18. The third kappa shape index (κ3) is 3.42. The average Bonchev–Trinajstić information content (AvgIpc) is 2.94. The first kappa shape index (κ1) is 16.6. The van der Waals surface area contributed by atoms with Crippen molar-refractivity contribution >= 4 is 11.7 Å². The summed E-state index contributed by atoms with van der Waals surface area (Å²) in [6.07, 6.45) is 13.2. The summed E-state index contributed by atoms with van der Waals surface area (Å²) in [6.45, 7) is 3.37. The Morgan fingerprint density at radius 3 is 2.85 bits per heavy atom. The highest BCUT2D eigenvalue weighted by atomic mass is 16.2. The van der Waals surface area contributed by atoms with Crippen molar-refractivity contribution in [1.82, 2.24) is 29.2 Å². The fourth-order valence-corrected chi connectivity index (χ4v) is 3.59. The number of amides is 1. The smallest absolute Gasteiger partial charge is 0.234 e. The molecular weight excluding hydrogens is 328 g/mol. The van der Waals surface area contributed by atoms with E-state index in [0.717, 1.165) is 55.9 Å². The molecule has 0 bridgehead atoms. The summed E-state index contributed by atoms with van der Waals surface area (Å²) in [5.41, 5.74) is 2.68. The van der Waals surface area contributed by atoms with E-state index in [2.05, 4.69) is 19.9 Å². The van der Waals surface area contributed by atoms with Gasteiger partial charge in [-0.2, -0.15) is 0 Å². The summed E-state index contributed by atoms with van der Waals surface area (Å²) >= 11 is 0. The van der Waals surface area contributed by atoms with E-state index in [9.17, 15) is 4.79 Å². The fourth-order valence-electron chi connectivity index (χ4n) is 3.59. The number of fused-ring (bicyclic) bond motifs is 1. The quantitative estimate of drug-likeness (QED) is 0.725. The van der Waals surface area contributed by atoms with Crippen molar-refractivity contribution < 1.29 is 4.79 Å². The van der Waals surface area contributed by atoms with Gasteiger partial charge in [-0.25, -0.2) is 9.97 Å². The molecule has 26 heavy (non-hydrogen) atoms. The summed E-state index contributed by atoms with van der Waals surface area (Å²) in [7, 11) is 0. The van der Waals surface area contributed by atoms with Crippen LogP contribution >= 0.6 is 0 Å². The third-order valence-corrected chi connectivity index (χ3v) is 5.05. The van der Waals surface area contributed by atoms with E-state index in [1.54, 1.807) is 19.3 Å². The van der Waals surface area contributed by atoms with Crippen LogP contribution in [-0.4, -0.2) is 48.2 Å². The summed E-state index contributed by atoms with van der Waals surface area (Å²) < 4.78 is 1.91. The van der Waals surface area contributed by atoms with Gasteiger partial charge in [-0.1, -0.05) is 0 Å². The van der Waals surface area contributed by atoms with Gasteiger partial charge < -0.3 is 4.90 Å². The number of rotatable bonds is 3.